The van der Waals surface area contributed by atoms with Gasteiger partial charge in [0, 0.05) is 12.1 Å². The lowest BCUT2D eigenvalue weighted by molar-refractivity contribution is -0.176. The molecule has 3 aromatic carbocycles. The Hall–Kier alpha value is -4.54. The molecule has 0 aliphatic carbocycles. The van der Waals surface area contributed by atoms with Crippen molar-refractivity contribution in [2.24, 2.45) is 0 Å². The molecule has 3 aromatic rings. The third-order valence-electron chi connectivity index (χ3n) is 5.80. The zero-order chi connectivity index (χ0) is 30.5. The van der Waals surface area contributed by atoms with Crippen molar-refractivity contribution in [1.82, 2.24) is 5.32 Å². The third-order valence-corrected chi connectivity index (χ3v) is 5.80. The Kier molecular flexibility index (Phi) is 11.8. The van der Waals surface area contributed by atoms with Gasteiger partial charge in [0.2, 0.25) is 12.2 Å². The van der Waals surface area contributed by atoms with Crippen LogP contribution in [0.5, 0.6) is 0 Å². The van der Waals surface area contributed by atoms with E-state index in [9.17, 15) is 24.3 Å². The fourth-order valence-electron chi connectivity index (χ4n) is 3.66. The molecular formula is C32H35NO9. The molecule has 2 N–H and O–H groups in total. The van der Waals surface area contributed by atoms with Crippen LogP contribution in [-0.4, -0.2) is 66.0 Å². The predicted molar refractivity (Wildman–Crippen MR) is 153 cm³/mol. The van der Waals surface area contributed by atoms with Crippen molar-refractivity contribution in [3.8, 4) is 0 Å². The first kappa shape index (κ1) is 32.0. The molecule has 0 aromatic heterocycles. The Morgan fingerprint density at radius 3 is 1.67 bits per heavy atom. The van der Waals surface area contributed by atoms with Crippen LogP contribution in [0.25, 0.3) is 0 Å². The van der Waals surface area contributed by atoms with Crippen LogP contribution in [0.2, 0.25) is 0 Å². The van der Waals surface area contributed by atoms with Crippen LogP contribution in [0.3, 0.4) is 0 Å². The van der Waals surface area contributed by atoms with Gasteiger partial charge in [-0.3, -0.25) is 0 Å². The van der Waals surface area contributed by atoms with Crippen molar-refractivity contribution < 1.29 is 43.2 Å². The van der Waals surface area contributed by atoms with E-state index in [4.69, 9.17) is 18.9 Å². The molecule has 0 heterocycles. The van der Waals surface area contributed by atoms with Crippen LogP contribution in [0.1, 0.15) is 47.1 Å². The Morgan fingerprint density at radius 2 is 1.19 bits per heavy atom. The van der Waals surface area contributed by atoms with Crippen molar-refractivity contribution in [1.29, 1.82) is 0 Å². The number of esters is 3. The van der Waals surface area contributed by atoms with Crippen molar-refractivity contribution in [2.45, 2.75) is 51.2 Å². The molecule has 0 unspecified atom stereocenters. The van der Waals surface area contributed by atoms with Crippen LogP contribution < -0.4 is 5.32 Å². The number of carbonyl (C=O) groups excluding carboxylic acids is 3. The molecule has 3 atom stereocenters. The molecule has 0 bridgehead atoms. The van der Waals surface area contributed by atoms with Crippen molar-refractivity contribution in [3.63, 3.8) is 0 Å². The Bertz CT molecular complexity index is 1310. The largest absolute Gasteiger partial charge is 0.478 e. The quantitative estimate of drug-likeness (QED) is 0.213. The normalized spacial score (nSPS) is 13.3. The van der Waals surface area contributed by atoms with E-state index in [1.165, 1.54) is 24.3 Å². The fourth-order valence-corrected chi connectivity index (χ4v) is 3.66. The van der Waals surface area contributed by atoms with Crippen molar-refractivity contribution in [3.05, 3.63) is 108 Å². The van der Waals surface area contributed by atoms with Gasteiger partial charge in [-0.2, -0.15) is 0 Å². The summed E-state index contributed by atoms with van der Waals surface area (Å²) in [5.41, 5.74) is 0.663. The summed E-state index contributed by atoms with van der Waals surface area (Å²) in [5, 5.41) is 13.2. The SMILES string of the molecule is CC(C)(C)NC[C@H](COCc1ccccc1)OC(=O)[C@H](OC(=O)c1ccccc1)[C@@H](OC(=O)c1ccccc1)C(=O)O. The van der Waals surface area contributed by atoms with Gasteiger partial charge in [-0.1, -0.05) is 66.7 Å². The van der Waals surface area contributed by atoms with Gasteiger partial charge in [0.1, 0.15) is 6.10 Å². The topological polar surface area (TPSA) is 137 Å². The Morgan fingerprint density at radius 1 is 0.714 bits per heavy atom. The molecule has 0 spiro atoms. The lowest BCUT2D eigenvalue weighted by Gasteiger charge is -2.28. The zero-order valence-electron chi connectivity index (χ0n) is 23.7. The molecule has 0 amide bonds. The van der Waals surface area contributed by atoms with E-state index >= 15 is 0 Å². The van der Waals surface area contributed by atoms with Gasteiger partial charge in [-0.05, 0) is 50.6 Å². The predicted octanol–water partition coefficient (Wildman–Crippen LogP) is 4.04. The Labute approximate surface area is 244 Å². The second-order valence-corrected chi connectivity index (χ2v) is 10.4. The highest BCUT2D eigenvalue weighted by Gasteiger charge is 2.43. The summed E-state index contributed by atoms with van der Waals surface area (Å²) >= 11 is 0. The number of hydrogen-bond donors (Lipinski definition) is 2. The van der Waals surface area contributed by atoms with Crippen LogP contribution >= 0.6 is 0 Å². The summed E-state index contributed by atoms with van der Waals surface area (Å²) in [7, 11) is 0. The van der Waals surface area contributed by atoms with Gasteiger partial charge in [0.15, 0.2) is 0 Å². The number of nitrogens with one attached hydrogen (secondary N) is 1. The van der Waals surface area contributed by atoms with Gasteiger partial charge in [0.05, 0.1) is 24.3 Å². The number of carboxylic acid groups (broad SMARTS) is 1. The minimum absolute atomic E-state index is 0.0480. The van der Waals surface area contributed by atoms with Gasteiger partial charge >= 0.3 is 23.9 Å². The molecule has 10 heteroatoms. The standard InChI is InChI=1S/C32H35NO9/c1-32(2,3)33-19-25(21-39-20-22-13-7-4-8-14-22)40-31(38)27(42-30(37)24-17-11-6-12-18-24)26(28(34)35)41-29(36)23-15-9-5-10-16-23/h4-18,25-27,33H,19-21H2,1-3H3,(H,34,35)/t25-,26-,27-/m1/s1. The van der Waals surface area contributed by atoms with Gasteiger partial charge < -0.3 is 29.4 Å². The summed E-state index contributed by atoms with van der Waals surface area (Å²) in [5.74, 6) is -4.93. The van der Waals surface area contributed by atoms with E-state index in [-0.39, 0.29) is 36.4 Å². The number of carboxylic acids is 1. The summed E-state index contributed by atoms with van der Waals surface area (Å²) in [6.45, 7) is 6.10. The number of benzene rings is 3. The highest BCUT2D eigenvalue weighted by atomic mass is 16.6. The van der Waals surface area contributed by atoms with Crippen LogP contribution in [0.15, 0.2) is 91.0 Å². The highest BCUT2D eigenvalue weighted by Crippen LogP contribution is 2.16. The molecule has 0 saturated carbocycles. The number of aliphatic carboxylic acids is 1. The van der Waals surface area contributed by atoms with E-state index in [0.717, 1.165) is 5.56 Å². The molecule has 222 valence electrons. The maximum atomic E-state index is 13.5. The zero-order valence-corrected chi connectivity index (χ0v) is 23.7. The molecule has 10 nitrogen and oxygen atoms in total. The minimum atomic E-state index is -2.20. The van der Waals surface area contributed by atoms with E-state index in [1.54, 1.807) is 36.4 Å². The summed E-state index contributed by atoms with van der Waals surface area (Å²) in [4.78, 5) is 51.5. The Balaban J connectivity index is 1.84. The monoisotopic (exact) mass is 577 g/mol. The van der Waals surface area contributed by atoms with Crippen molar-refractivity contribution in [2.75, 3.05) is 13.2 Å². The first-order valence-electron chi connectivity index (χ1n) is 13.4. The van der Waals surface area contributed by atoms with Gasteiger partial charge in [-0.25, -0.2) is 19.2 Å². The maximum Gasteiger partial charge on any atom is 0.352 e. The lowest BCUT2D eigenvalue weighted by atomic mass is 10.1. The molecule has 0 radical (unpaired) electrons. The van der Waals surface area contributed by atoms with Crippen LogP contribution in [0.4, 0.5) is 0 Å². The van der Waals surface area contributed by atoms with E-state index in [1.807, 2.05) is 51.1 Å². The van der Waals surface area contributed by atoms with Gasteiger partial charge in [0.25, 0.3) is 0 Å². The molecule has 3 rings (SSSR count). The summed E-state index contributed by atoms with van der Waals surface area (Å²) < 4.78 is 22.0. The van der Waals surface area contributed by atoms with E-state index in [2.05, 4.69) is 5.32 Å². The summed E-state index contributed by atoms with van der Waals surface area (Å²) in [6.07, 6.45) is -5.22. The number of rotatable bonds is 14. The third kappa shape index (κ3) is 10.5. The molecule has 42 heavy (non-hydrogen) atoms. The van der Waals surface area contributed by atoms with Crippen molar-refractivity contribution >= 4 is 23.9 Å². The number of carbonyl (C=O) groups is 4. The smallest absolute Gasteiger partial charge is 0.352 e. The lowest BCUT2D eigenvalue weighted by Crippen LogP contribution is -2.49. The highest BCUT2D eigenvalue weighted by molar-refractivity contribution is 5.95. The second kappa shape index (κ2) is 15.5. The number of hydrogen-bond acceptors (Lipinski definition) is 9. The maximum absolute atomic E-state index is 13.5. The van der Waals surface area contributed by atoms with E-state index < -0.39 is 42.2 Å². The second-order valence-electron chi connectivity index (χ2n) is 10.4. The molecular weight excluding hydrogens is 542 g/mol. The summed E-state index contributed by atoms with van der Waals surface area (Å²) in [6, 6.07) is 24.7. The molecule has 0 saturated heterocycles. The average molecular weight is 578 g/mol. The number of ether oxygens (including phenoxy) is 4. The molecule has 0 aliphatic rings. The minimum Gasteiger partial charge on any atom is -0.478 e. The van der Waals surface area contributed by atoms with Gasteiger partial charge in [-0.15, -0.1) is 0 Å². The van der Waals surface area contributed by atoms with E-state index in [0.29, 0.717) is 0 Å². The average Bonchev–Trinajstić information content (AvgIpc) is 2.98. The van der Waals surface area contributed by atoms with Crippen LogP contribution in [0, 0.1) is 0 Å². The first-order valence-corrected chi connectivity index (χ1v) is 13.4. The molecule has 0 aliphatic heterocycles. The molecule has 0 fully saturated rings. The fraction of sp³-hybridized carbons (Fsp3) is 0.312. The van der Waals surface area contributed by atoms with Crippen LogP contribution in [-0.2, 0) is 35.1 Å². The first-order chi connectivity index (χ1) is 20.0.